The predicted molar refractivity (Wildman–Crippen MR) is 147 cm³/mol. The molecule has 0 aromatic heterocycles. The predicted octanol–water partition coefficient (Wildman–Crippen LogP) is 5.29. The third-order valence-corrected chi connectivity index (χ3v) is 6.47. The van der Waals surface area contributed by atoms with Crippen LogP contribution in [0.25, 0.3) is 0 Å². The first kappa shape index (κ1) is 25.6. The van der Waals surface area contributed by atoms with Crippen LogP contribution in [0.3, 0.4) is 0 Å². The van der Waals surface area contributed by atoms with Gasteiger partial charge in [-0.05, 0) is 53.6 Å². The number of nitrogens with two attached hydrogens (primary N) is 1. The maximum absolute atomic E-state index is 11.2. The van der Waals surface area contributed by atoms with E-state index in [2.05, 4.69) is 66.0 Å². The monoisotopic (exact) mass is 480 g/mol. The summed E-state index contributed by atoms with van der Waals surface area (Å²) in [5.74, 6) is 0.834. The minimum Gasteiger partial charge on any atom is -0.489 e. The van der Waals surface area contributed by atoms with Crippen molar-refractivity contribution in [2.75, 3.05) is 0 Å². The highest BCUT2D eigenvalue weighted by molar-refractivity contribution is 5.29. The quantitative estimate of drug-likeness (QED) is 0.243. The number of ether oxygens (including phenoxy) is 1. The number of aliphatic hydroxyl groups excluding tert-OH is 1. The van der Waals surface area contributed by atoms with E-state index in [9.17, 15) is 5.11 Å². The summed E-state index contributed by atoms with van der Waals surface area (Å²) in [5, 5.41) is 14.8. The van der Waals surface area contributed by atoms with Gasteiger partial charge >= 0.3 is 0 Å². The van der Waals surface area contributed by atoms with Crippen molar-refractivity contribution in [3.63, 3.8) is 0 Å². The van der Waals surface area contributed by atoms with E-state index in [0.29, 0.717) is 19.6 Å². The minimum absolute atomic E-state index is 0.141. The highest BCUT2D eigenvalue weighted by Gasteiger charge is 2.25. The van der Waals surface area contributed by atoms with Crippen LogP contribution in [0.5, 0.6) is 5.75 Å². The lowest BCUT2D eigenvalue weighted by molar-refractivity contribution is 0.0957. The molecule has 0 aliphatic carbocycles. The van der Waals surface area contributed by atoms with Crippen LogP contribution in [0.15, 0.2) is 115 Å². The maximum atomic E-state index is 11.2. The van der Waals surface area contributed by atoms with Gasteiger partial charge in [0.2, 0.25) is 0 Å². The second kappa shape index (κ2) is 13.6. The Morgan fingerprint density at radius 3 is 1.94 bits per heavy atom. The Labute approximate surface area is 214 Å². The van der Waals surface area contributed by atoms with E-state index in [-0.39, 0.29) is 12.1 Å². The fourth-order valence-corrected chi connectivity index (χ4v) is 4.40. The topological polar surface area (TPSA) is 67.5 Å². The van der Waals surface area contributed by atoms with E-state index in [1.54, 1.807) is 0 Å². The molecule has 0 spiro atoms. The first-order valence-corrected chi connectivity index (χ1v) is 12.7. The van der Waals surface area contributed by atoms with Crippen molar-refractivity contribution in [2.24, 2.45) is 5.73 Å². The molecule has 36 heavy (non-hydrogen) atoms. The molecule has 0 unspecified atom stereocenters. The Morgan fingerprint density at radius 2 is 1.28 bits per heavy atom. The molecular formula is C32H36N2O2. The van der Waals surface area contributed by atoms with Gasteiger partial charge in [0.1, 0.15) is 12.4 Å². The summed E-state index contributed by atoms with van der Waals surface area (Å²) in [6.45, 7) is 1.15. The van der Waals surface area contributed by atoms with Crippen LogP contribution in [0.2, 0.25) is 0 Å². The second-order valence-corrected chi connectivity index (χ2v) is 9.28. The van der Waals surface area contributed by atoms with Crippen molar-refractivity contribution < 1.29 is 9.84 Å². The molecule has 186 valence electrons. The summed E-state index contributed by atoms with van der Waals surface area (Å²) in [4.78, 5) is 0. The fraction of sp³-hybridized carbons (Fsp3) is 0.250. The van der Waals surface area contributed by atoms with Crippen molar-refractivity contribution in [3.05, 3.63) is 138 Å². The summed E-state index contributed by atoms with van der Waals surface area (Å²) >= 11 is 0. The van der Waals surface area contributed by atoms with Crippen LogP contribution in [0.1, 0.15) is 28.7 Å². The number of hydrogen-bond acceptors (Lipinski definition) is 4. The average Bonchev–Trinajstić information content (AvgIpc) is 2.93. The normalized spacial score (nSPS) is 13.6. The molecule has 0 aliphatic heterocycles. The molecule has 0 saturated heterocycles. The summed E-state index contributed by atoms with van der Waals surface area (Å²) in [7, 11) is 0. The van der Waals surface area contributed by atoms with Gasteiger partial charge in [0.25, 0.3) is 0 Å². The van der Waals surface area contributed by atoms with Crippen LogP contribution in [-0.2, 0) is 26.0 Å². The van der Waals surface area contributed by atoms with Crippen LogP contribution in [0.4, 0.5) is 0 Å². The number of hydrogen-bond donors (Lipinski definition) is 3. The molecule has 4 aromatic rings. The van der Waals surface area contributed by atoms with E-state index < -0.39 is 6.10 Å². The maximum Gasteiger partial charge on any atom is 0.120 e. The molecule has 0 heterocycles. The molecule has 0 fully saturated rings. The smallest absolute Gasteiger partial charge is 0.120 e. The van der Waals surface area contributed by atoms with E-state index in [1.165, 1.54) is 5.56 Å². The molecule has 4 rings (SSSR count). The number of benzene rings is 4. The molecule has 0 bridgehead atoms. The van der Waals surface area contributed by atoms with E-state index >= 15 is 0 Å². The summed E-state index contributed by atoms with van der Waals surface area (Å²) in [6, 6.07) is 38.3. The Balaban J connectivity index is 1.39. The van der Waals surface area contributed by atoms with Gasteiger partial charge in [-0.1, -0.05) is 103 Å². The van der Waals surface area contributed by atoms with E-state index in [0.717, 1.165) is 35.3 Å². The van der Waals surface area contributed by atoms with Crippen molar-refractivity contribution >= 4 is 0 Å². The SMILES string of the molecule is N[C@H](Cc1ccccc1)[C@H](O)[C@@H](CCc1ccccc1)NCc1cccc(OCc2ccccc2)c1. The van der Waals surface area contributed by atoms with Gasteiger partial charge in [0.05, 0.1) is 6.10 Å². The zero-order valence-electron chi connectivity index (χ0n) is 20.7. The first-order valence-electron chi connectivity index (χ1n) is 12.7. The Hall–Kier alpha value is -3.44. The van der Waals surface area contributed by atoms with E-state index in [1.807, 2.05) is 54.6 Å². The number of aliphatic hydroxyl groups is 1. The number of nitrogens with one attached hydrogen (secondary N) is 1. The third kappa shape index (κ3) is 8.06. The zero-order valence-corrected chi connectivity index (χ0v) is 20.7. The van der Waals surface area contributed by atoms with Gasteiger partial charge in [-0.15, -0.1) is 0 Å². The highest BCUT2D eigenvalue weighted by atomic mass is 16.5. The molecule has 4 heteroatoms. The molecule has 4 nitrogen and oxygen atoms in total. The summed E-state index contributed by atoms with van der Waals surface area (Å²) in [6.07, 6.45) is 1.62. The van der Waals surface area contributed by atoms with Crippen molar-refractivity contribution in [1.82, 2.24) is 5.32 Å². The van der Waals surface area contributed by atoms with Crippen LogP contribution in [-0.4, -0.2) is 23.3 Å². The highest BCUT2D eigenvalue weighted by Crippen LogP contribution is 2.17. The van der Waals surface area contributed by atoms with Crippen molar-refractivity contribution in [2.45, 2.75) is 50.6 Å². The van der Waals surface area contributed by atoms with Gasteiger partial charge < -0.3 is 20.9 Å². The number of aryl methyl sites for hydroxylation is 1. The molecule has 3 atom stereocenters. The lowest BCUT2D eigenvalue weighted by atomic mass is 9.93. The van der Waals surface area contributed by atoms with Crippen LogP contribution < -0.4 is 15.8 Å². The molecule has 4 aromatic carbocycles. The Bertz CT molecular complexity index is 1150. The Morgan fingerprint density at radius 1 is 0.694 bits per heavy atom. The van der Waals surface area contributed by atoms with Gasteiger partial charge in [0, 0.05) is 18.6 Å². The molecule has 0 saturated carbocycles. The van der Waals surface area contributed by atoms with Gasteiger partial charge in [-0.3, -0.25) is 0 Å². The third-order valence-electron chi connectivity index (χ3n) is 6.47. The van der Waals surface area contributed by atoms with Crippen LogP contribution in [0, 0.1) is 0 Å². The average molecular weight is 481 g/mol. The lowest BCUT2D eigenvalue weighted by Crippen LogP contribution is -2.50. The summed E-state index contributed by atoms with van der Waals surface area (Å²) < 4.78 is 6.00. The van der Waals surface area contributed by atoms with Crippen LogP contribution >= 0.6 is 0 Å². The zero-order chi connectivity index (χ0) is 25.0. The number of rotatable bonds is 13. The lowest BCUT2D eigenvalue weighted by Gasteiger charge is -2.29. The Kier molecular flexibility index (Phi) is 9.69. The second-order valence-electron chi connectivity index (χ2n) is 9.28. The largest absolute Gasteiger partial charge is 0.489 e. The van der Waals surface area contributed by atoms with Gasteiger partial charge in [0.15, 0.2) is 0 Å². The van der Waals surface area contributed by atoms with E-state index in [4.69, 9.17) is 10.5 Å². The first-order chi connectivity index (χ1) is 17.7. The van der Waals surface area contributed by atoms with Gasteiger partial charge in [-0.2, -0.15) is 0 Å². The fourth-order valence-electron chi connectivity index (χ4n) is 4.40. The minimum atomic E-state index is -0.675. The molecule has 4 N–H and O–H groups in total. The molecule has 0 aliphatic rings. The summed E-state index contributed by atoms with van der Waals surface area (Å²) in [5.41, 5.74) is 11.1. The van der Waals surface area contributed by atoms with Gasteiger partial charge in [-0.25, -0.2) is 0 Å². The van der Waals surface area contributed by atoms with Crippen molar-refractivity contribution in [1.29, 1.82) is 0 Å². The standard InChI is InChI=1S/C32H36N2O2/c33-30(22-26-13-6-2-7-14-26)32(35)31(20-19-25-11-4-1-5-12-25)34-23-28-17-10-18-29(21-28)36-24-27-15-8-3-9-16-27/h1-18,21,30-32,34-35H,19-20,22-24,33H2/t30-,31-,32+/m1/s1. The van der Waals surface area contributed by atoms with Crippen molar-refractivity contribution in [3.8, 4) is 5.75 Å². The molecular weight excluding hydrogens is 444 g/mol. The molecule has 0 radical (unpaired) electrons. The molecule has 0 amide bonds.